The van der Waals surface area contributed by atoms with E-state index < -0.39 is 12.5 Å². The summed E-state index contributed by atoms with van der Waals surface area (Å²) in [5, 5.41) is 2.78. The van der Waals surface area contributed by atoms with E-state index in [0.717, 1.165) is 15.6 Å². The third-order valence-corrected chi connectivity index (χ3v) is 2.70. The van der Waals surface area contributed by atoms with Gasteiger partial charge in [0.15, 0.2) is 0 Å². The van der Waals surface area contributed by atoms with Crippen LogP contribution in [-0.4, -0.2) is 6.43 Å². The molecule has 4 heteroatoms. The summed E-state index contributed by atoms with van der Waals surface area (Å²) in [6.45, 7) is 0.532. The molecular formula is C9H8BrF2N. The average Bonchev–Trinajstić information content (AvgIpc) is 2.46. The van der Waals surface area contributed by atoms with Crippen molar-refractivity contribution >= 4 is 15.9 Å². The molecule has 1 aliphatic rings. The van der Waals surface area contributed by atoms with Crippen molar-refractivity contribution < 1.29 is 8.78 Å². The minimum Gasteiger partial charge on any atom is -0.301 e. The van der Waals surface area contributed by atoms with Gasteiger partial charge in [0.1, 0.15) is 0 Å². The maximum Gasteiger partial charge on any atom is 0.257 e. The van der Waals surface area contributed by atoms with Crippen LogP contribution in [0.25, 0.3) is 0 Å². The van der Waals surface area contributed by atoms with E-state index in [4.69, 9.17) is 0 Å². The number of benzene rings is 1. The maximum absolute atomic E-state index is 12.4. The van der Waals surface area contributed by atoms with E-state index in [1.54, 1.807) is 12.1 Å². The van der Waals surface area contributed by atoms with Gasteiger partial charge in [0, 0.05) is 11.0 Å². The summed E-state index contributed by atoms with van der Waals surface area (Å²) < 4.78 is 25.8. The number of alkyl halides is 2. The first-order chi connectivity index (χ1) is 6.18. The molecule has 0 bridgehead atoms. The summed E-state index contributed by atoms with van der Waals surface area (Å²) in [4.78, 5) is 0. The maximum atomic E-state index is 12.4. The predicted molar refractivity (Wildman–Crippen MR) is 49.7 cm³/mol. The van der Waals surface area contributed by atoms with E-state index in [-0.39, 0.29) is 0 Å². The molecule has 0 spiro atoms. The number of halogens is 3. The van der Waals surface area contributed by atoms with Gasteiger partial charge in [0.2, 0.25) is 0 Å². The first-order valence-electron chi connectivity index (χ1n) is 3.98. The Balaban J connectivity index is 2.38. The molecule has 0 aromatic heterocycles. The molecule has 1 aromatic rings. The smallest absolute Gasteiger partial charge is 0.257 e. The second-order valence-corrected chi connectivity index (χ2v) is 3.95. The third-order valence-electron chi connectivity index (χ3n) is 2.20. The minimum atomic E-state index is -2.33. The molecule has 13 heavy (non-hydrogen) atoms. The predicted octanol–water partition coefficient (Wildman–Crippen LogP) is 2.86. The first-order valence-corrected chi connectivity index (χ1v) is 4.77. The van der Waals surface area contributed by atoms with E-state index in [2.05, 4.69) is 21.2 Å². The fourth-order valence-electron chi connectivity index (χ4n) is 1.59. The van der Waals surface area contributed by atoms with Crippen LogP contribution in [0.3, 0.4) is 0 Å². The largest absolute Gasteiger partial charge is 0.301 e. The highest BCUT2D eigenvalue weighted by Crippen LogP contribution is 2.31. The normalized spacial score (nSPS) is 20.8. The molecular weight excluding hydrogens is 240 g/mol. The molecule has 70 valence electrons. The molecule has 1 aromatic carbocycles. The zero-order chi connectivity index (χ0) is 9.42. The van der Waals surface area contributed by atoms with Gasteiger partial charge >= 0.3 is 0 Å². The van der Waals surface area contributed by atoms with Crippen LogP contribution >= 0.6 is 15.9 Å². The average molecular weight is 248 g/mol. The SMILES string of the molecule is FC(F)C1NCc2cc(Br)ccc21. The molecule has 0 saturated heterocycles. The van der Waals surface area contributed by atoms with Crippen LogP contribution in [0.5, 0.6) is 0 Å². The third kappa shape index (κ3) is 1.60. The van der Waals surface area contributed by atoms with Gasteiger partial charge in [-0.1, -0.05) is 22.0 Å². The number of rotatable bonds is 1. The second kappa shape index (κ2) is 3.35. The molecule has 1 aliphatic heterocycles. The Morgan fingerprint density at radius 1 is 1.46 bits per heavy atom. The fourth-order valence-corrected chi connectivity index (χ4v) is 1.99. The second-order valence-electron chi connectivity index (χ2n) is 3.04. The van der Waals surface area contributed by atoms with Crippen molar-refractivity contribution in [1.29, 1.82) is 0 Å². The van der Waals surface area contributed by atoms with Crippen LogP contribution < -0.4 is 5.32 Å². The van der Waals surface area contributed by atoms with Crippen LogP contribution in [0.4, 0.5) is 8.78 Å². The lowest BCUT2D eigenvalue weighted by molar-refractivity contribution is 0.103. The Labute approximate surface area is 83.3 Å². The van der Waals surface area contributed by atoms with Crippen LogP contribution in [-0.2, 0) is 6.54 Å². The molecule has 1 N–H and O–H groups in total. The summed E-state index contributed by atoms with van der Waals surface area (Å²) in [5.74, 6) is 0. The molecule has 1 heterocycles. The summed E-state index contributed by atoms with van der Waals surface area (Å²) in [5.41, 5.74) is 1.68. The Morgan fingerprint density at radius 3 is 2.92 bits per heavy atom. The summed E-state index contributed by atoms with van der Waals surface area (Å²) in [6.07, 6.45) is -2.33. The molecule has 1 atom stereocenters. The van der Waals surface area contributed by atoms with Gasteiger partial charge in [-0.05, 0) is 23.3 Å². The number of hydrogen-bond donors (Lipinski definition) is 1. The van der Waals surface area contributed by atoms with Crippen molar-refractivity contribution in [3.63, 3.8) is 0 Å². The van der Waals surface area contributed by atoms with Crippen molar-refractivity contribution in [2.24, 2.45) is 0 Å². The van der Waals surface area contributed by atoms with Crippen molar-refractivity contribution in [3.8, 4) is 0 Å². The van der Waals surface area contributed by atoms with Crippen LogP contribution in [0.2, 0.25) is 0 Å². The van der Waals surface area contributed by atoms with Gasteiger partial charge in [-0.25, -0.2) is 8.78 Å². The van der Waals surface area contributed by atoms with Crippen LogP contribution in [0, 0.1) is 0 Å². The summed E-state index contributed by atoms with van der Waals surface area (Å²) >= 11 is 3.31. The van der Waals surface area contributed by atoms with Crippen molar-refractivity contribution in [2.75, 3.05) is 0 Å². The molecule has 1 nitrogen and oxygen atoms in total. The molecule has 0 fully saturated rings. The van der Waals surface area contributed by atoms with Gasteiger partial charge in [-0.15, -0.1) is 0 Å². The van der Waals surface area contributed by atoms with Gasteiger partial charge in [0.25, 0.3) is 6.43 Å². The number of hydrogen-bond acceptors (Lipinski definition) is 1. The highest BCUT2D eigenvalue weighted by Gasteiger charge is 2.29. The van der Waals surface area contributed by atoms with E-state index in [0.29, 0.717) is 6.54 Å². The van der Waals surface area contributed by atoms with E-state index in [1.165, 1.54) is 0 Å². The molecule has 1 unspecified atom stereocenters. The molecule has 0 radical (unpaired) electrons. The first kappa shape index (κ1) is 9.09. The Hall–Kier alpha value is -0.480. The van der Waals surface area contributed by atoms with Gasteiger partial charge in [0.05, 0.1) is 6.04 Å². The number of fused-ring (bicyclic) bond motifs is 1. The summed E-state index contributed by atoms with van der Waals surface area (Å²) in [7, 11) is 0. The van der Waals surface area contributed by atoms with E-state index >= 15 is 0 Å². The van der Waals surface area contributed by atoms with Crippen molar-refractivity contribution in [2.45, 2.75) is 19.0 Å². The van der Waals surface area contributed by atoms with E-state index in [9.17, 15) is 8.78 Å². The van der Waals surface area contributed by atoms with E-state index in [1.807, 2.05) is 6.07 Å². The highest BCUT2D eigenvalue weighted by atomic mass is 79.9. The van der Waals surface area contributed by atoms with Gasteiger partial charge < -0.3 is 5.32 Å². The monoisotopic (exact) mass is 247 g/mol. The molecule has 0 amide bonds. The van der Waals surface area contributed by atoms with Crippen LogP contribution in [0.15, 0.2) is 22.7 Å². The Morgan fingerprint density at radius 2 is 2.23 bits per heavy atom. The molecule has 0 saturated carbocycles. The zero-order valence-corrected chi connectivity index (χ0v) is 8.31. The van der Waals surface area contributed by atoms with Crippen LogP contribution in [0.1, 0.15) is 17.2 Å². The zero-order valence-electron chi connectivity index (χ0n) is 6.73. The molecule has 0 aliphatic carbocycles. The van der Waals surface area contributed by atoms with Crippen molar-refractivity contribution in [1.82, 2.24) is 5.32 Å². The quantitative estimate of drug-likeness (QED) is 0.805. The lowest BCUT2D eigenvalue weighted by atomic mass is 10.1. The number of nitrogens with one attached hydrogen (secondary N) is 1. The van der Waals surface area contributed by atoms with Crippen molar-refractivity contribution in [3.05, 3.63) is 33.8 Å². The summed E-state index contributed by atoms with van der Waals surface area (Å²) in [6, 6.07) is 4.63. The Kier molecular flexibility index (Phi) is 2.34. The standard InChI is InChI=1S/C9H8BrF2N/c10-6-1-2-7-5(3-6)4-13-8(7)9(11)12/h1-3,8-9,13H,4H2. The fraction of sp³-hybridized carbons (Fsp3) is 0.333. The van der Waals surface area contributed by atoms with Gasteiger partial charge in [-0.3, -0.25) is 0 Å². The lowest BCUT2D eigenvalue weighted by Crippen LogP contribution is -2.19. The topological polar surface area (TPSA) is 12.0 Å². The van der Waals surface area contributed by atoms with Gasteiger partial charge in [-0.2, -0.15) is 0 Å². The molecule has 2 rings (SSSR count). The highest BCUT2D eigenvalue weighted by molar-refractivity contribution is 9.10. The lowest BCUT2D eigenvalue weighted by Gasteiger charge is -2.09. The Bertz CT molecular complexity index is 327. The minimum absolute atomic E-state index is 0.532.